The summed E-state index contributed by atoms with van der Waals surface area (Å²) in [6, 6.07) is 3.74. The number of hydrogen-bond donors (Lipinski definition) is 2. The van der Waals surface area contributed by atoms with Gasteiger partial charge in [0.2, 0.25) is 0 Å². The highest BCUT2D eigenvalue weighted by Crippen LogP contribution is 2.12. The molecule has 0 spiro atoms. The van der Waals surface area contributed by atoms with Crippen LogP contribution in [0.15, 0.2) is 30.2 Å². The third-order valence-corrected chi connectivity index (χ3v) is 1.79. The number of aromatic nitrogens is 4. The van der Waals surface area contributed by atoms with Gasteiger partial charge in [0.1, 0.15) is 0 Å². The Morgan fingerprint density at radius 3 is 3.07 bits per heavy atom. The first-order chi connectivity index (χ1) is 7.25. The van der Waals surface area contributed by atoms with Crippen LogP contribution in [0, 0.1) is 0 Å². The van der Waals surface area contributed by atoms with Crippen molar-refractivity contribution >= 4 is 6.08 Å². The minimum Gasteiger partial charge on any atom is -0.402 e. The summed E-state index contributed by atoms with van der Waals surface area (Å²) in [5.74, 6) is 1.27. The van der Waals surface area contributed by atoms with Gasteiger partial charge in [-0.2, -0.15) is 5.10 Å². The number of H-pyrrole nitrogens is 1. The van der Waals surface area contributed by atoms with E-state index in [-0.39, 0.29) is 0 Å². The molecule has 0 aliphatic carbocycles. The van der Waals surface area contributed by atoms with Crippen molar-refractivity contribution in [3.05, 3.63) is 36.0 Å². The quantitative estimate of drug-likeness (QED) is 0.764. The molecule has 3 N–H and O–H groups in total. The van der Waals surface area contributed by atoms with E-state index in [1.807, 2.05) is 12.1 Å². The summed E-state index contributed by atoms with van der Waals surface area (Å²) in [6.45, 7) is 1.80. The molecule has 76 valence electrons. The number of hydrogen-bond acceptors (Lipinski definition) is 4. The minimum absolute atomic E-state index is 0.621. The highest BCUT2D eigenvalue weighted by Gasteiger charge is 2.03. The van der Waals surface area contributed by atoms with E-state index < -0.39 is 0 Å². The average Bonchev–Trinajstić information content (AvgIpc) is 2.67. The fourth-order valence-electron chi connectivity index (χ4n) is 1.18. The normalized spacial score (nSPS) is 11.7. The van der Waals surface area contributed by atoms with Crippen molar-refractivity contribution in [2.45, 2.75) is 6.92 Å². The van der Waals surface area contributed by atoms with Crippen LogP contribution in [0.5, 0.6) is 0 Å². The van der Waals surface area contributed by atoms with Crippen molar-refractivity contribution in [2.24, 2.45) is 5.73 Å². The maximum absolute atomic E-state index is 5.53. The van der Waals surface area contributed by atoms with Crippen molar-refractivity contribution in [3.63, 3.8) is 0 Å². The van der Waals surface area contributed by atoms with E-state index >= 15 is 0 Å². The SMILES string of the molecule is CC(N)=Cc1nc(-c2cccnc2)n[nH]1. The molecule has 0 unspecified atom stereocenters. The lowest BCUT2D eigenvalue weighted by Gasteiger charge is -1.90. The Labute approximate surface area is 87.1 Å². The van der Waals surface area contributed by atoms with Crippen LogP contribution in [-0.4, -0.2) is 20.2 Å². The van der Waals surface area contributed by atoms with Crippen LogP contribution >= 0.6 is 0 Å². The highest BCUT2D eigenvalue weighted by atomic mass is 15.2. The Balaban J connectivity index is 2.32. The predicted octanol–water partition coefficient (Wildman–Crippen LogP) is 1.19. The molecule has 0 saturated heterocycles. The van der Waals surface area contributed by atoms with E-state index in [1.165, 1.54) is 0 Å². The third-order valence-electron chi connectivity index (χ3n) is 1.79. The van der Waals surface area contributed by atoms with Crippen LogP contribution in [0.25, 0.3) is 17.5 Å². The molecule has 15 heavy (non-hydrogen) atoms. The first kappa shape index (κ1) is 9.39. The molecule has 2 aromatic rings. The number of allylic oxidation sites excluding steroid dienone is 1. The summed E-state index contributed by atoms with van der Waals surface area (Å²) >= 11 is 0. The fraction of sp³-hybridized carbons (Fsp3) is 0.100. The molecule has 0 aromatic carbocycles. The van der Waals surface area contributed by atoms with Crippen LogP contribution in [-0.2, 0) is 0 Å². The third kappa shape index (κ3) is 2.19. The smallest absolute Gasteiger partial charge is 0.183 e. The number of nitrogens with one attached hydrogen (secondary N) is 1. The van der Waals surface area contributed by atoms with E-state index in [9.17, 15) is 0 Å². The summed E-state index contributed by atoms with van der Waals surface area (Å²) in [6.07, 6.45) is 5.15. The molecule has 0 bridgehead atoms. The average molecular weight is 201 g/mol. The number of nitrogens with two attached hydrogens (primary N) is 1. The Kier molecular flexibility index (Phi) is 2.45. The molecule has 2 aromatic heterocycles. The van der Waals surface area contributed by atoms with E-state index in [1.54, 1.807) is 25.4 Å². The van der Waals surface area contributed by atoms with Crippen LogP contribution in [0.2, 0.25) is 0 Å². The molecule has 0 atom stereocenters. The topological polar surface area (TPSA) is 80.5 Å². The Hall–Kier alpha value is -2.17. The van der Waals surface area contributed by atoms with Gasteiger partial charge in [-0.1, -0.05) is 0 Å². The molecule has 0 amide bonds. The van der Waals surface area contributed by atoms with Crippen LogP contribution in [0.3, 0.4) is 0 Å². The molecular weight excluding hydrogens is 190 g/mol. The Morgan fingerprint density at radius 2 is 2.40 bits per heavy atom. The van der Waals surface area contributed by atoms with Crippen molar-refractivity contribution in [2.75, 3.05) is 0 Å². The number of rotatable bonds is 2. The number of nitrogens with zero attached hydrogens (tertiary/aromatic N) is 3. The van der Waals surface area contributed by atoms with Gasteiger partial charge in [-0.15, -0.1) is 0 Å². The summed E-state index contributed by atoms with van der Waals surface area (Å²) in [5.41, 5.74) is 7.10. The van der Waals surface area contributed by atoms with Gasteiger partial charge in [0.15, 0.2) is 11.6 Å². The molecule has 0 fully saturated rings. The number of pyridine rings is 1. The molecule has 2 heterocycles. The van der Waals surface area contributed by atoms with Crippen molar-refractivity contribution in [1.82, 2.24) is 20.2 Å². The van der Waals surface area contributed by atoms with Gasteiger partial charge in [0.05, 0.1) is 0 Å². The molecule has 0 saturated carbocycles. The minimum atomic E-state index is 0.621. The van der Waals surface area contributed by atoms with E-state index in [0.717, 1.165) is 5.56 Å². The molecular formula is C10H11N5. The van der Waals surface area contributed by atoms with E-state index in [4.69, 9.17) is 5.73 Å². The Morgan fingerprint density at radius 1 is 1.53 bits per heavy atom. The molecule has 2 rings (SSSR count). The molecule has 0 aliphatic heterocycles. The zero-order chi connectivity index (χ0) is 10.7. The summed E-state index contributed by atoms with van der Waals surface area (Å²) in [7, 11) is 0. The maximum atomic E-state index is 5.53. The van der Waals surface area contributed by atoms with Crippen LogP contribution in [0.4, 0.5) is 0 Å². The predicted molar refractivity (Wildman–Crippen MR) is 57.5 cm³/mol. The second-order valence-corrected chi connectivity index (χ2v) is 3.17. The van der Waals surface area contributed by atoms with Crippen LogP contribution in [0.1, 0.15) is 12.7 Å². The lowest BCUT2D eigenvalue weighted by molar-refractivity contribution is 1.08. The molecule has 0 aliphatic rings. The van der Waals surface area contributed by atoms with Crippen molar-refractivity contribution in [3.8, 4) is 11.4 Å². The second-order valence-electron chi connectivity index (χ2n) is 3.17. The molecule has 0 radical (unpaired) electrons. The summed E-state index contributed by atoms with van der Waals surface area (Å²) < 4.78 is 0. The fourth-order valence-corrected chi connectivity index (χ4v) is 1.18. The second kappa shape index (κ2) is 3.91. The zero-order valence-electron chi connectivity index (χ0n) is 8.31. The first-order valence-corrected chi connectivity index (χ1v) is 4.52. The standard InChI is InChI=1S/C10H11N5/c1-7(11)5-9-13-10(15-14-9)8-3-2-4-12-6-8/h2-6H,11H2,1H3,(H,13,14,15). The molecule has 5 heteroatoms. The van der Waals surface area contributed by atoms with Gasteiger partial charge >= 0.3 is 0 Å². The summed E-state index contributed by atoms with van der Waals surface area (Å²) in [5, 5.41) is 6.85. The van der Waals surface area contributed by atoms with Gasteiger partial charge in [-0.3, -0.25) is 10.1 Å². The number of aromatic amines is 1. The maximum Gasteiger partial charge on any atom is 0.183 e. The Bertz CT molecular complexity index is 468. The lowest BCUT2D eigenvalue weighted by Crippen LogP contribution is -1.90. The van der Waals surface area contributed by atoms with Gasteiger partial charge in [-0.25, -0.2) is 4.98 Å². The summed E-state index contributed by atoms with van der Waals surface area (Å²) in [4.78, 5) is 8.25. The van der Waals surface area contributed by atoms with E-state index in [2.05, 4.69) is 20.2 Å². The monoisotopic (exact) mass is 201 g/mol. The highest BCUT2D eigenvalue weighted by molar-refractivity contribution is 5.55. The van der Waals surface area contributed by atoms with Crippen LogP contribution < -0.4 is 5.73 Å². The first-order valence-electron chi connectivity index (χ1n) is 4.52. The largest absolute Gasteiger partial charge is 0.402 e. The lowest BCUT2D eigenvalue weighted by atomic mass is 10.3. The van der Waals surface area contributed by atoms with Crippen molar-refractivity contribution in [1.29, 1.82) is 0 Å². The van der Waals surface area contributed by atoms with Gasteiger partial charge in [0, 0.05) is 29.7 Å². The zero-order valence-corrected chi connectivity index (χ0v) is 8.31. The van der Waals surface area contributed by atoms with Gasteiger partial charge < -0.3 is 5.73 Å². The molecule has 5 nitrogen and oxygen atoms in total. The van der Waals surface area contributed by atoms with Gasteiger partial charge in [-0.05, 0) is 19.1 Å². The van der Waals surface area contributed by atoms with Gasteiger partial charge in [0.25, 0.3) is 0 Å². The van der Waals surface area contributed by atoms with Crippen molar-refractivity contribution < 1.29 is 0 Å². The van der Waals surface area contributed by atoms with E-state index in [0.29, 0.717) is 17.3 Å².